The number of benzene rings is 1. The van der Waals surface area contributed by atoms with E-state index in [1.54, 1.807) is 0 Å². The van der Waals surface area contributed by atoms with Crippen molar-refractivity contribution in [1.82, 2.24) is 9.97 Å². The van der Waals surface area contributed by atoms with E-state index in [4.69, 9.17) is 10.5 Å². The minimum atomic E-state index is -0.673. The number of aromatic nitrogens is 2. The molecule has 0 saturated heterocycles. The maximum absolute atomic E-state index is 13.5. The van der Waals surface area contributed by atoms with Crippen molar-refractivity contribution in [3.05, 3.63) is 41.7 Å². The van der Waals surface area contributed by atoms with Crippen LogP contribution in [0.5, 0.6) is 11.6 Å². The Labute approximate surface area is 109 Å². The van der Waals surface area contributed by atoms with Crippen LogP contribution < -0.4 is 10.5 Å². The van der Waals surface area contributed by atoms with Crippen molar-refractivity contribution in [3.8, 4) is 11.6 Å². The molecule has 0 bridgehead atoms. The molecule has 2 rings (SSSR count). The van der Waals surface area contributed by atoms with E-state index in [2.05, 4.69) is 9.97 Å². The molecule has 0 aliphatic carbocycles. The minimum Gasteiger partial charge on any atom is -0.435 e. The lowest BCUT2D eigenvalue weighted by Crippen LogP contribution is -2.04. The molecule has 0 aliphatic rings. The van der Waals surface area contributed by atoms with Crippen LogP contribution in [0.25, 0.3) is 0 Å². The fraction of sp³-hybridized carbons (Fsp3) is 0.231. The Kier molecular flexibility index (Phi) is 3.59. The highest BCUT2D eigenvalue weighted by Gasteiger charge is 2.16. The summed E-state index contributed by atoms with van der Waals surface area (Å²) in [6, 6.07) is 2.96. The Hall–Kier alpha value is -2.24. The first-order valence-corrected chi connectivity index (χ1v) is 5.72. The molecule has 19 heavy (non-hydrogen) atoms. The van der Waals surface area contributed by atoms with Crippen LogP contribution in [0.3, 0.4) is 0 Å². The van der Waals surface area contributed by atoms with Gasteiger partial charge in [-0.15, -0.1) is 0 Å². The maximum atomic E-state index is 13.5. The topological polar surface area (TPSA) is 61.0 Å². The molecular formula is C13H13F2N3O. The van der Waals surface area contributed by atoms with Crippen LogP contribution in [0.15, 0.2) is 24.5 Å². The third kappa shape index (κ3) is 2.78. The number of rotatable bonds is 3. The molecule has 0 aliphatic heterocycles. The molecule has 2 N–H and O–H groups in total. The van der Waals surface area contributed by atoms with Crippen molar-refractivity contribution < 1.29 is 13.5 Å². The van der Waals surface area contributed by atoms with E-state index in [0.29, 0.717) is 5.56 Å². The smallest absolute Gasteiger partial charge is 0.228 e. The molecule has 0 radical (unpaired) electrons. The first kappa shape index (κ1) is 13.2. The highest BCUT2D eigenvalue weighted by atomic mass is 19.1. The van der Waals surface area contributed by atoms with E-state index in [1.165, 1.54) is 6.33 Å². The van der Waals surface area contributed by atoms with E-state index in [9.17, 15) is 8.78 Å². The van der Waals surface area contributed by atoms with Gasteiger partial charge in [0, 0.05) is 6.07 Å². The van der Waals surface area contributed by atoms with E-state index in [1.807, 2.05) is 13.8 Å². The van der Waals surface area contributed by atoms with Crippen LogP contribution in [0, 0.1) is 11.6 Å². The monoisotopic (exact) mass is 265 g/mol. The summed E-state index contributed by atoms with van der Waals surface area (Å²) in [6.45, 7) is 3.76. The van der Waals surface area contributed by atoms with Gasteiger partial charge in [-0.05, 0) is 18.1 Å². The van der Waals surface area contributed by atoms with Gasteiger partial charge < -0.3 is 10.5 Å². The van der Waals surface area contributed by atoms with E-state index >= 15 is 0 Å². The van der Waals surface area contributed by atoms with Gasteiger partial charge in [-0.1, -0.05) is 13.8 Å². The molecule has 0 spiro atoms. The molecule has 1 aromatic heterocycles. The molecule has 0 fully saturated rings. The van der Waals surface area contributed by atoms with Gasteiger partial charge in [-0.3, -0.25) is 0 Å². The quantitative estimate of drug-likeness (QED) is 0.925. The van der Waals surface area contributed by atoms with Crippen LogP contribution in [0.1, 0.15) is 25.3 Å². The van der Waals surface area contributed by atoms with Gasteiger partial charge in [0.25, 0.3) is 0 Å². The molecule has 1 heterocycles. The summed E-state index contributed by atoms with van der Waals surface area (Å²) in [7, 11) is 0. The first-order valence-electron chi connectivity index (χ1n) is 5.72. The Morgan fingerprint density at radius 2 is 1.95 bits per heavy atom. The Bertz CT molecular complexity index is 602. The van der Waals surface area contributed by atoms with Crippen molar-refractivity contribution in [2.75, 3.05) is 5.73 Å². The summed E-state index contributed by atoms with van der Waals surface area (Å²) >= 11 is 0. The normalized spacial score (nSPS) is 10.8. The predicted octanol–water partition coefficient (Wildman–Crippen LogP) is 3.25. The Balaban J connectivity index is 2.44. The van der Waals surface area contributed by atoms with Crippen molar-refractivity contribution in [2.45, 2.75) is 19.8 Å². The lowest BCUT2D eigenvalue weighted by molar-refractivity contribution is 0.415. The zero-order valence-corrected chi connectivity index (χ0v) is 10.5. The summed E-state index contributed by atoms with van der Waals surface area (Å²) in [5.41, 5.74) is 6.31. The van der Waals surface area contributed by atoms with Crippen molar-refractivity contribution >= 4 is 5.82 Å². The third-order valence-electron chi connectivity index (χ3n) is 2.56. The fourth-order valence-corrected chi connectivity index (χ4v) is 1.68. The van der Waals surface area contributed by atoms with Crippen molar-refractivity contribution in [3.63, 3.8) is 0 Å². The molecule has 0 unspecified atom stereocenters. The number of nitrogen functional groups attached to an aromatic ring is 1. The average Bonchev–Trinajstić information content (AvgIpc) is 2.33. The van der Waals surface area contributed by atoms with Gasteiger partial charge in [0.1, 0.15) is 18.0 Å². The van der Waals surface area contributed by atoms with E-state index < -0.39 is 11.6 Å². The summed E-state index contributed by atoms with van der Waals surface area (Å²) in [5.74, 6) is -1.12. The lowest BCUT2D eigenvalue weighted by Gasteiger charge is -2.14. The van der Waals surface area contributed by atoms with Crippen LogP contribution in [-0.2, 0) is 0 Å². The summed E-state index contributed by atoms with van der Waals surface area (Å²) in [5, 5.41) is 0. The lowest BCUT2D eigenvalue weighted by atomic mass is 10.1. The molecule has 0 saturated carbocycles. The van der Waals surface area contributed by atoms with Gasteiger partial charge in [0.15, 0.2) is 11.6 Å². The van der Waals surface area contributed by atoms with Crippen molar-refractivity contribution in [1.29, 1.82) is 0 Å². The SMILES string of the molecule is CC(C)c1c(N)ncnc1Oc1cc(F)ccc1F. The first-order chi connectivity index (χ1) is 8.99. The van der Waals surface area contributed by atoms with Gasteiger partial charge in [-0.25, -0.2) is 18.7 Å². The highest BCUT2D eigenvalue weighted by molar-refractivity contribution is 5.48. The number of hydrogen-bond donors (Lipinski definition) is 1. The van der Waals surface area contributed by atoms with Crippen LogP contribution in [0.2, 0.25) is 0 Å². The molecule has 2 aromatic rings. The largest absolute Gasteiger partial charge is 0.435 e. The zero-order valence-electron chi connectivity index (χ0n) is 10.5. The number of hydrogen-bond acceptors (Lipinski definition) is 4. The average molecular weight is 265 g/mol. The molecule has 0 amide bonds. The molecule has 4 nitrogen and oxygen atoms in total. The molecule has 100 valence electrons. The number of ether oxygens (including phenoxy) is 1. The van der Waals surface area contributed by atoms with Crippen LogP contribution in [0.4, 0.5) is 14.6 Å². The number of halogens is 2. The van der Waals surface area contributed by atoms with Gasteiger partial charge in [0.2, 0.25) is 5.88 Å². The highest BCUT2D eigenvalue weighted by Crippen LogP contribution is 2.32. The summed E-state index contributed by atoms with van der Waals surface area (Å²) in [4.78, 5) is 7.79. The molecular weight excluding hydrogens is 252 g/mol. The molecule has 1 aromatic carbocycles. The van der Waals surface area contributed by atoms with Gasteiger partial charge in [0.05, 0.1) is 5.56 Å². The Morgan fingerprint density at radius 1 is 1.21 bits per heavy atom. The second-order valence-corrected chi connectivity index (χ2v) is 4.31. The minimum absolute atomic E-state index is 0.00665. The van der Waals surface area contributed by atoms with E-state index in [-0.39, 0.29) is 23.4 Å². The van der Waals surface area contributed by atoms with Gasteiger partial charge in [-0.2, -0.15) is 0 Å². The standard InChI is InChI=1S/C13H13F2N3O/c1-7(2)11-12(16)17-6-18-13(11)19-10-5-8(14)3-4-9(10)15/h3-7H,1-2H3,(H2,16,17,18). The maximum Gasteiger partial charge on any atom is 0.228 e. The van der Waals surface area contributed by atoms with Gasteiger partial charge >= 0.3 is 0 Å². The molecule has 6 heteroatoms. The fourth-order valence-electron chi connectivity index (χ4n) is 1.68. The van der Waals surface area contributed by atoms with E-state index in [0.717, 1.165) is 18.2 Å². The second kappa shape index (κ2) is 5.17. The summed E-state index contributed by atoms with van der Waals surface area (Å²) < 4.78 is 31.9. The number of anilines is 1. The molecule has 0 atom stereocenters. The Morgan fingerprint density at radius 3 is 2.63 bits per heavy atom. The van der Waals surface area contributed by atoms with Crippen LogP contribution >= 0.6 is 0 Å². The van der Waals surface area contributed by atoms with Crippen molar-refractivity contribution in [2.24, 2.45) is 0 Å². The van der Waals surface area contributed by atoms with Crippen LogP contribution in [-0.4, -0.2) is 9.97 Å². The summed E-state index contributed by atoms with van der Waals surface area (Å²) in [6.07, 6.45) is 1.22. The second-order valence-electron chi connectivity index (χ2n) is 4.31. The third-order valence-corrected chi connectivity index (χ3v) is 2.56. The number of nitrogens with zero attached hydrogens (tertiary/aromatic N) is 2. The zero-order chi connectivity index (χ0) is 14.0. The number of nitrogens with two attached hydrogens (primary N) is 1. The predicted molar refractivity (Wildman–Crippen MR) is 67.0 cm³/mol.